The van der Waals surface area contributed by atoms with Crippen LogP contribution in [0.3, 0.4) is 0 Å². The predicted octanol–water partition coefficient (Wildman–Crippen LogP) is 1.45. The Balaban J connectivity index is 2.27. The van der Waals surface area contributed by atoms with E-state index >= 15 is 0 Å². The highest BCUT2D eigenvalue weighted by Gasteiger charge is 2.05. The summed E-state index contributed by atoms with van der Waals surface area (Å²) in [5.41, 5.74) is 0.991. The third-order valence-electron chi connectivity index (χ3n) is 2.66. The molecule has 0 radical (unpaired) electrons. The molecule has 5 nitrogen and oxygen atoms in total. The number of rotatable bonds is 9. The van der Waals surface area contributed by atoms with E-state index in [9.17, 15) is 0 Å². The number of aromatic nitrogens is 3. The van der Waals surface area contributed by atoms with Crippen LogP contribution >= 0.6 is 0 Å². The second kappa shape index (κ2) is 8.20. The van der Waals surface area contributed by atoms with E-state index in [4.69, 9.17) is 4.74 Å². The van der Waals surface area contributed by atoms with Gasteiger partial charge in [0.1, 0.15) is 0 Å². The number of hydrogen-bond acceptors (Lipinski definition) is 4. The van der Waals surface area contributed by atoms with Gasteiger partial charge in [-0.1, -0.05) is 25.5 Å². The smallest absolute Gasteiger partial charge is 0.0964 e. The molecule has 5 heteroatoms. The van der Waals surface area contributed by atoms with E-state index in [1.54, 1.807) is 7.11 Å². The van der Waals surface area contributed by atoms with Crippen LogP contribution in [0.1, 0.15) is 32.4 Å². The van der Waals surface area contributed by atoms with E-state index in [0.717, 1.165) is 31.9 Å². The van der Waals surface area contributed by atoms with E-state index in [0.29, 0.717) is 5.92 Å². The summed E-state index contributed by atoms with van der Waals surface area (Å²) < 4.78 is 6.90. The second-order valence-corrected chi connectivity index (χ2v) is 4.50. The number of nitrogens with zero attached hydrogens (tertiary/aromatic N) is 3. The third-order valence-corrected chi connectivity index (χ3v) is 2.66. The SMILES string of the molecule is CCCC(C)Cn1cc(CNCCOC)nn1. The largest absolute Gasteiger partial charge is 0.383 e. The van der Waals surface area contributed by atoms with Crippen molar-refractivity contribution in [2.45, 2.75) is 39.8 Å². The molecule has 1 aromatic rings. The van der Waals surface area contributed by atoms with Gasteiger partial charge in [0.2, 0.25) is 0 Å². The molecule has 1 heterocycles. The molecule has 0 aliphatic heterocycles. The quantitative estimate of drug-likeness (QED) is 0.664. The summed E-state index contributed by atoms with van der Waals surface area (Å²) in [6.07, 6.45) is 4.48. The summed E-state index contributed by atoms with van der Waals surface area (Å²) >= 11 is 0. The van der Waals surface area contributed by atoms with Crippen LogP contribution in [0.4, 0.5) is 0 Å². The minimum Gasteiger partial charge on any atom is -0.383 e. The van der Waals surface area contributed by atoms with Gasteiger partial charge >= 0.3 is 0 Å². The highest BCUT2D eigenvalue weighted by atomic mass is 16.5. The van der Waals surface area contributed by atoms with Gasteiger partial charge in [0.25, 0.3) is 0 Å². The van der Waals surface area contributed by atoms with Gasteiger partial charge in [-0.25, -0.2) is 0 Å². The highest BCUT2D eigenvalue weighted by Crippen LogP contribution is 2.07. The van der Waals surface area contributed by atoms with Gasteiger partial charge in [-0.15, -0.1) is 5.10 Å². The summed E-state index contributed by atoms with van der Waals surface area (Å²) in [6, 6.07) is 0. The maximum absolute atomic E-state index is 4.96. The van der Waals surface area contributed by atoms with Gasteiger partial charge in [0.05, 0.1) is 12.3 Å². The molecule has 0 fully saturated rings. The van der Waals surface area contributed by atoms with Crippen molar-refractivity contribution in [1.82, 2.24) is 20.3 Å². The molecule has 1 rings (SSSR count). The van der Waals surface area contributed by atoms with Crippen LogP contribution < -0.4 is 5.32 Å². The Bertz CT molecular complexity index is 300. The van der Waals surface area contributed by atoms with Crippen molar-refractivity contribution < 1.29 is 4.74 Å². The molecule has 0 spiro atoms. The topological polar surface area (TPSA) is 52.0 Å². The lowest BCUT2D eigenvalue weighted by atomic mass is 10.1. The van der Waals surface area contributed by atoms with Crippen LogP contribution in [0.25, 0.3) is 0 Å². The highest BCUT2D eigenvalue weighted by molar-refractivity contribution is 4.91. The van der Waals surface area contributed by atoms with Gasteiger partial charge in [-0.2, -0.15) is 0 Å². The van der Waals surface area contributed by atoms with Crippen molar-refractivity contribution >= 4 is 0 Å². The number of hydrogen-bond donors (Lipinski definition) is 1. The average molecular weight is 240 g/mol. The number of nitrogens with one attached hydrogen (secondary N) is 1. The van der Waals surface area contributed by atoms with Crippen LogP contribution in [0.15, 0.2) is 6.20 Å². The molecule has 1 atom stereocenters. The Labute approximate surface area is 104 Å². The lowest BCUT2D eigenvalue weighted by molar-refractivity contribution is 0.199. The fraction of sp³-hybridized carbons (Fsp3) is 0.833. The average Bonchev–Trinajstić information content (AvgIpc) is 2.72. The molecular formula is C12H24N4O. The molecule has 0 bridgehead atoms. The lowest BCUT2D eigenvalue weighted by Crippen LogP contribution is -2.18. The van der Waals surface area contributed by atoms with Gasteiger partial charge in [0, 0.05) is 32.9 Å². The zero-order valence-electron chi connectivity index (χ0n) is 11.1. The molecule has 0 aromatic carbocycles. The molecule has 1 unspecified atom stereocenters. The normalized spacial score (nSPS) is 12.9. The fourth-order valence-electron chi connectivity index (χ4n) is 1.80. The maximum atomic E-state index is 4.96. The van der Waals surface area contributed by atoms with Crippen molar-refractivity contribution in [3.05, 3.63) is 11.9 Å². The Morgan fingerprint density at radius 2 is 2.35 bits per heavy atom. The second-order valence-electron chi connectivity index (χ2n) is 4.50. The molecule has 1 N–H and O–H groups in total. The molecule has 1 aromatic heterocycles. The van der Waals surface area contributed by atoms with Crippen LogP contribution in [0, 0.1) is 5.92 Å². The van der Waals surface area contributed by atoms with Crippen LogP contribution in [-0.4, -0.2) is 35.3 Å². The lowest BCUT2D eigenvalue weighted by Gasteiger charge is -2.08. The zero-order chi connectivity index (χ0) is 12.5. The molecule has 0 aliphatic carbocycles. The van der Waals surface area contributed by atoms with E-state index in [1.807, 2.05) is 10.9 Å². The Morgan fingerprint density at radius 3 is 3.06 bits per heavy atom. The van der Waals surface area contributed by atoms with E-state index in [2.05, 4.69) is 29.5 Å². The molecule has 0 saturated carbocycles. The third kappa shape index (κ3) is 5.79. The molecule has 0 aliphatic rings. The van der Waals surface area contributed by atoms with E-state index in [1.165, 1.54) is 12.8 Å². The van der Waals surface area contributed by atoms with Gasteiger partial charge in [-0.3, -0.25) is 4.68 Å². The summed E-state index contributed by atoms with van der Waals surface area (Å²) in [5.74, 6) is 0.663. The van der Waals surface area contributed by atoms with Crippen LogP contribution in [0.2, 0.25) is 0 Å². The minimum atomic E-state index is 0.663. The van der Waals surface area contributed by atoms with Crippen molar-refractivity contribution in [2.75, 3.05) is 20.3 Å². The van der Waals surface area contributed by atoms with Gasteiger partial charge in [-0.05, 0) is 12.3 Å². The van der Waals surface area contributed by atoms with Crippen LogP contribution in [-0.2, 0) is 17.8 Å². The summed E-state index contributed by atoms with van der Waals surface area (Å²) in [4.78, 5) is 0. The van der Waals surface area contributed by atoms with Crippen molar-refractivity contribution in [3.8, 4) is 0 Å². The monoisotopic (exact) mass is 240 g/mol. The van der Waals surface area contributed by atoms with Gasteiger partial charge < -0.3 is 10.1 Å². The Kier molecular flexibility index (Phi) is 6.81. The first-order valence-electron chi connectivity index (χ1n) is 6.35. The van der Waals surface area contributed by atoms with E-state index in [-0.39, 0.29) is 0 Å². The first kappa shape index (κ1) is 14.1. The molecule has 98 valence electrons. The zero-order valence-corrected chi connectivity index (χ0v) is 11.1. The Morgan fingerprint density at radius 1 is 1.53 bits per heavy atom. The predicted molar refractivity (Wildman–Crippen MR) is 67.7 cm³/mol. The molecule has 0 saturated heterocycles. The molecule has 17 heavy (non-hydrogen) atoms. The standard InChI is InChI=1S/C12H24N4O/c1-4-5-11(2)9-16-10-12(14-15-16)8-13-6-7-17-3/h10-11,13H,4-9H2,1-3H3. The van der Waals surface area contributed by atoms with Crippen molar-refractivity contribution in [2.24, 2.45) is 5.92 Å². The van der Waals surface area contributed by atoms with E-state index < -0.39 is 0 Å². The Hall–Kier alpha value is -0.940. The minimum absolute atomic E-state index is 0.663. The summed E-state index contributed by atoms with van der Waals surface area (Å²) in [5, 5.41) is 11.5. The first-order valence-corrected chi connectivity index (χ1v) is 6.35. The number of ether oxygens (including phenoxy) is 1. The molecule has 0 amide bonds. The first-order chi connectivity index (χ1) is 8.26. The fourth-order valence-corrected chi connectivity index (χ4v) is 1.80. The van der Waals surface area contributed by atoms with Crippen molar-refractivity contribution in [1.29, 1.82) is 0 Å². The summed E-state index contributed by atoms with van der Waals surface area (Å²) in [7, 11) is 1.70. The summed E-state index contributed by atoms with van der Waals surface area (Å²) in [6.45, 7) is 7.74. The van der Waals surface area contributed by atoms with Crippen molar-refractivity contribution in [3.63, 3.8) is 0 Å². The maximum Gasteiger partial charge on any atom is 0.0964 e. The number of methoxy groups -OCH3 is 1. The van der Waals surface area contributed by atoms with Gasteiger partial charge in [0.15, 0.2) is 0 Å². The van der Waals surface area contributed by atoms with Crippen LogP contribution in [0.5, 0.6) is 0 Å². The molecular weight excluding hydrogens is 216 g/mol.